The van der Waals surface area contributed by atoms with E-state index in [1.54, 1.807) is 31.4 Å². The average molecular weight is 321 g/mol. The second-order valence-electron chi connectivity index (χ2n) is 5.57. The van der Waals surface area contributed by atoms with E-state index in [4.69, 9.17) is 9.47 Å². The highest BCUT2D eigenvalue weighted by atomic mass is 16.5. The van der Waals surface area contributed by atoms with Gasteiger partial charge in [-0.25, -0.2) is 4.79 Å². The van der Waals surface area contributed by atoms with Gasteiger partial charge in [0.25, 0.3) is 5.91 Å². The molecule has 1 unspecified atom stereocenters. The topological polar surface area (TPSA) is 76.1 Å². The fourth-order valence-corrected chi connectivity index (χ4v) is 2.68. The van der Waals surface area contributed by atoms with Crippen LogP contribution < -0.4 is 4.74 Å². The molecule has 1 aromatic rings. The van der Waals surface area contributed by atoms with Gasteiger partial charge in [-0.3, -0.25) is 4.79 Å². The molecular formula is C17H23NO5. The van der Waals surface area contributed by atoms with Gasteiger partial charge in [-0.1, -0.05) is 0 Å². The number of benzene rings is 1. The minimum atomic E-state index is -0.934. The predicted octanol–water partition coefficient (Wildman–Crippen LogP) is 2.18. The number of carboxylic acid groups (broad SMARTS) is 1. The first-order valence-electron chi connectivity index (χ1n) is 7.89. The lowest BCUT2D eigenvalue weighted by atomic mass is 10.0. The van der Waals surface area contributed by atoms with E-state index in [0.717, 1.165) is 19.3 Å². The Bertz CT molecular complexity index is 528. The number of aliphatic carboxylic acids is 1. The van der Waals surface area contributed by atoms with E-state index in [2.05, 4.69) is 0 Å². The van der Waals surface area contributed by atoms with Gasteiger partial charge in [0.05, 0.1) is 6.61 Å². The zero-order valence-electron chi connectivity index (χ0n) is 13.4. The Balaban J connectivity index is 1.97. The molecule has 1 heterocycles. The first-order valence-corrected chi connectivity index (χ1v) is 7.89. The smallest absolute Gasteiger partial charge is 0.326 e. The highest BCUT2D eigenvalue weighted by Crippen LogP contribution is 2.21. The second-order valence-corrected chi connectivity index (χ2v) is 5.57. The van der Waals surface area contributed by atoms with Crippen LogP contribution in [0.2, 0.25) is 0 Å². The average Bonchev–Trinajstić information content (AvgIpc) is 2.58. The number of likely N-dealkylation sites (tertiary alicyclic amines) is 1. The predicted molar refractivity (Wildman–Crippen MR) is 84.7 cm³/mol. The van der Waals surface area contributed by atoms with Crippen LogP contribution in [0.25, 0.3) is 0 Å². The van der Waals surface area contributed by atoms with Crippen molar-refractivity contribution in [3.05, 3.63) is 29.8 Å². The van der Waals surface area contributed by atoms with Crippen molar-refractivity contribution in [2.24, 2.45) is 0 Å². The SMILES string of the molecule is COCCCOc1ccc(C(=O)N2CCCCC2C(=O)O)cc1. The molecule has 1 aromatic carbocycles. The van der Waals surface area contributed by atoms with Crippen LogP contribution in [0.5, 0.6) is 5.75 Å². The van der Waals surface area contributed by atoms with Crippen LogP contribution in [0, 0.1) is 0 Å². The fourth-order valence-electron chi connectivity index (χ4n) is 2.68. The third kappa shape index (κ3) is 4.69. The molecule has 2 rings (SSSR count). The quantitative estimate of drug-likeness (QED) is 0.779. The first kappa shape index (κ1) is 17.3. The number of ether oxygens (including phenoxy) is 2. The van der Waals surface area contributed by atoms with Crippen molar-refractivity contribution in [1.82, 2.24) is 4.90 Å². The summed E-state index contributed by atoms with van der Waals surface area (Å²) in [4.78, 5) is 25.3. The van der Waals surface area contributed by atoms with Gasteiger partial charge < -0.3 is 19.5 Å². The Morgan fingerprint density at radius 1 is 1.22 bits per heavy atom. The van der Waals surface area contributed by atoms with Gasteiger partial charge >= 0.3 is 5.97 Å². The number of hydrogen-bond donors (Lipinski definition) is 1. The fraction of sp³-hybridized carbons (Fsp3) is 0.529. The Morgan fingerprint density at radius 3 is 2.61 bits per heavy atom. The van der Waals surface area contributed by atoms with Gasteiger partial charge in [-0.2, -0.15) is 0 Å². The summed E-state index contributed by atoms with van der Waals surface area (Å²) in [6, 6.07) is 6.11. The van der Waals surface area contributed by atoms with Crippen molar-refractivity contribution in [3.63, 3.8) is 0 Å². The molecular weight excluding hydrogens is 298 g/mol. The van der Waals surface area contributed by atoms with Crippen LogP contribution in [-0.2, 0) is 9.53 Å². The maximum Gasteiger partial charge on any atom is 0.326 e. The maximum atomic E-state index is 12.5. The summed E-state index contributed by atoms with van der Waals surface area (Å²) in [7, 11) is 1.64. The largest absolute Gasteiger partial charge is 0.494 e. The molecule has 1 fully saturated rings. The first-order chi connectivity index (χ1) is 11.1. The molecule has 1 aliphatic heterocycles. The van der Waals surface area contributed by atoms with Gasteiger partial charge in [-0.05, 0) is 43.5 Å². The van der Waals surface area contributed by atoms with Gasteiger partial charge in [0, 0.05) is 32.2 Å². The minimum absolute atomic E-state index is 0.233. The lowest BCUT2D eigenvalue weighted by Crippen LogP contribution is -2.47. The summed E-state index contributed by atoms with van der Waals surface area (Å²) in [6.07, 6.45) is 3.00. The van der Waals surface area contributed by atoms with E-state index < -0.39 is 12.0 Å². The molecule has 1 N–H and O–H groups in total. The Kier molecular flexibility index (Phi) is 6.40. The standard InChI is InChI=1S/C17H23NO5/c1-22-11-4-12-23-14-8-6-13(7-9-14)16(19)18-10-3-2-5-15(18)17(20)21/h6-9,15H,2-5,10-12H2,1H3,(H,20,21). The van der Waals surface area contributed by atoms with Gasteiger partial charge in [0.1, 0.15) is 11.8 Å². The number of hydrogen-bond acceptors (Lipinski definition) is 4. The minimum Gasteiger partial charge on any atom is -0.494 e. The van der Waals surface area contributed by atoms with Crippen LogP contribution in [0.15, 0.2) is 24.3 Å². The molecule has 0 bridgehead atoms. The van der Waals surface area contributed by atoms with Gasteiger partial charge in [0.2, 0.25) is 0 Å². The molecule has 6 nitrogen and oxygen atoms in total. The van der Waals surface area contributed by atoms with E-state index >= 15 is 0 Å². The molecule has 0 radical (unpaired) electrons. The van der Waals surface area contributed by atoms with Crippen LogP contribution in [0.1, 0.15) is 36.0 Å². The monoisotopic (exact) mass is 321 g/mol. The summed E-state index contributed by atoms with van der Waals surface area (Å²) < 4.78 is 10.5. The highest BCUT2D eigenvalue weighted by Gasteiger charge is 2.32. The molecule has 0 aromatic heterocycles. The van der Waals surface area contributed by atoms with E-state index in [1.807, 2.05) is 0 Å². The van der Waals surface area contributed by atoms with Crippen molar-refractivity contribution in [1.29, 1.82) is 0 Å². The number of methoxy groups -OCH3 is 1. The van der Waals surface area contributed by atoms with E-state index in [1.165, 1.54) is 4.90 Å². The molecule has 6 heteroatoms. The third-order valence-corrected chi connectivity index (χ3v) is 3.91. The lowest BCUT2D eigenvalue weighted by molar-refractivity contribution is -0.143. The van der Waals surface area contributed by atoms with Crippen molar-refractivity contribution in [2.45, 2.75) is 31.7 Å². The van der Waals surface area contributed by atoms with Gasteiger partial charge in [0.15, 0.2) is 0 Å². The molecule has 0 aliphatic carbocycles. The van der Waals surface area contributed by atoms with Crippen molar-refractivity contribution < 1.29 is 24.2 Å². The molecule has 126 valence electrons. The van der Waals surface area contributed by atoms with Crippen LogP contribution in [0.3, 0.4) is 0 Å². The number of carbonyl (C=O) groups excluding carboxylic acids is 1. The molecule has 0 saturated carbocycles. The van der Waals surface area contributed by atoms with Crippen LogP contribution in [0.4, 0.5) is 0 Å². The molecule has 1 atom stereocenters. The summed E-state index contributed by atoms with van der Waals surface area (Å²) in [6.45, 7) is 1.68. The molecule has 1 amide bonds. The van der Waals surface area contributed by atoms with Crippen molar-refractivity contribution >= 4 is 11.9 Å². The summed E-state index contributed by atoms with van der Waals surface area (Å²) in [5.74, 6) is -0.481. The number of piperidine rings is 1. The Hall–Kier alpha value is -2.08. The summed E-state index contributed by atoms with van der Waals surface area (Å²) >= 11 is 0. The lowest BCUT2D eigenvalue weighted by Gasteiger charge is -2.33. The molecule has 23 heavy (non-hydrogen) atoms. The number of carbonyl (C=O) groups is 2. The Labute approximate surface area is 136 Å². The number of nitrogens with zero attached hydrogens (tertiary/aromatic N) is 1. The number of amides is 1. The molecule has 1 aliphatic rings. The Morgan fingerprint density at radius 2 is 1.96 bits per heavy atom. The number of carboxylic acids is 1. The molecule has 0 spiro atoms. The summed E-state index contributed by atoms with van der Waals surface area (Å²) in [5.41, 5.74) is 0.488. The van der Waals surface area contributed by atoms with Crippen LogP contribution >= 0.6 is 0 Å². The normalized spacial score (nSPS) is 17.8. The van der Waals surface area contributed by atoms with E-state index in [9.17, 15) is 14.7 Å². The van der Waals surface area contributed by atoms with Crippen LogP contribution in [-0.4, -0.2) is 54.8 Å². The van der Waals surface area contributed by atoms with Gasteiger partial charge in [-0.15, -0.1) is 0 Å². The van der Waals surface area contributed by atoms with Crippen molar-refractivity contribution in [3.8, 4) is 5.75 Å². The van der Waals surface area contributed by atoms with E-state index in [0.29, 0.717) is 37.5 Å². The zero-order chi connectivity index (χ0) is 16.7. The van der Waals surface area contributed by atoms with E-state index in [-0.39, 0.29) is 5.91 Å². The third-order valence-electron chi connectivity index (χ3n) is 3.91. The highest BCUT2D eigenvalue weighted by molar-refractivity contribution is 5.96. The van der Waals surface area contributed by atoms with Crippen molar-refractivity contribution in [2.75, 3.05) is 26.9 Å². The summed E-state index contributed by atoms with van der Waals surface area (Å²) in [5, 5.41) is 9.27. The zero-order valence-corrected chi connectivity index (χ0v) is 13.4. The molecule has 1 saturated heterocycles. The second kappa shape index (κ2) is 8.53. The maximum absolute atomic E-state index is 12.5. The number of rotatable bonds is 7.